The van der Waals surface area contributed by atoms with Crippen LogP contribution < -0.4 is 5.73 Å². The van der Waals surface area contributed by atoms with E-state index in [-0.39, 0.29) is 5.78 Å². The van der Waals surface area contributed by atoms with Crippen LogP contribution in [0.15, 0.2) is 24.3 Å². The lowest BCUT2D eigenvalue weighted by Crippen LogP contribution is -2.08. The first-order chi connectivity index (χ1) is 6.77. The summed E-state index contributed by atoms with van der Waals surface area (Å²) < 4.78 is 12.1. The topological polar surface area (TPSA) is 43.1 Å². The second-order valence-electron chi connectivity index (χ2n) is 3.10. The van der Waals surface area contributed by atoms with Gasteiger partial charge in [0.25, 0.3) is 0 Å². The zero-order chi connectivity index (χ0) is 10.4. The summed E-state index contributed by atoms with van der Waals surface area (Å²) in [6, 6.07) is 7.06. The molecule has 0 fully saturated rings. The SMILES string of the molecule is NCCC(=O)c1cccc(CCF)c1. The Kier molecular flexibility index (Phi) is 4.26. The molecule has 0 bridgehead atoms. The van der Waals surface area contributed by atoms with Crippen LogP contribution in [-0.2, 0) is 6.42 Å². The summed E-state index contributed by atoms with van der Waals surface area (Å²) in [5.74, 6) is 0.0215. The number of hydrogen-bond donors (Lipinski definition) is 1. The first-order valence-corrected chi connectivity index (χ1v) is 4.66. The van der Waals surface area contributed by atoms with E-state index in [1.165, 1.54) is 0 Å². The number of carbonyl (C=O) groups excluding carboxylic acids is 1. The van der Waals surface area contributed by atoms with Crippen LogP contribution in [0.4, 0.5) is 4.39 Å². The molecule has 0 atom stereocenters. The van der Waals surface area contributed by atoms with Crippen molar-refractivity contribution >= 4 is 5.78 Å². The highest BCUT2D eigenvalue weighted by molar-refractivity contribution is 5.96. The van der Waals surface area contributed by atoms with E-state index in [4.69, 9.17) is 5.73 Å². The van der Waals surface area contributed by atoms with E-state index < -0.39 is 6.67 Å². The Labute approximate surface area is 82.9 Å². The van der Waals surface area contributed by atoms with Crippen molar-refractivity contribution in [1.82, 2.24) is 0 Å². The third-order valence-electron chi connectivity index (χ3n) is 2.00. The van der Waals surface area contributed by atoms with Gasteiger partial charge in [0.05, 0.1) is 6.67 Å². The molecule has 14 heavy (non-hydrogen) atoms. The molecule has 0 radical (unpaired) electrons. The quantitative estimate of drug-likeness (QED) is 0.727. The maximum atomic E-state index is 12.1. The molecule has 0 amide bonds. The zero-order valence-electron chi connectivity index (χ0n) is 8.00. The Morgan fingerprint density at radius 3 is 2.86 bits per heavy atom. The molecule has 0 saturated carbocycles. The minimum atomic E-state index is -0.394. The van der Waals surface area contributed by atoms with E-state index in [0.717, 1.165) is 5.56 Å². The number of benzene rings is 1. The number of Topliss-reactive ketones (excluding diaryl/α,β-unsaturated/α-hetero) is 1. The second kappa shape index (κ2) is 5.50. The first kappa shape index (κ1) is 10.9. The number of carbonyl (C=O) groups is 1. The maximum absolute atomic E-state index is 12.1. The van der Waals surface area contributed by atoms with E-state index in [2.05, 4.69) is 0 Å². The first-order valence-electron chi connectivity index (χ1n) is 4.66. The molecule has 3 heteroatoms. The number of ketones is 1. The van der Waals surface area contributed by atoms with E-state index in [9.17, 15) is 9.18 Å². The normalized spacial score (nSPS) is 10.1. The number of hydrogen-bond acceptors (Lipinski definition) is 2. The lowest BCUT2D eigenvalue weighted by atomic mass is 10.0. The molecular weight excluding hydrogens is 181 g/mol. The van der Waals surface area contributed by atoms with Crippen molar-refractivity contribution in [3.8, 4) is 0 Å². The van der Waals surface area contributed by atoms with Gasteiger partial charge >= 0.3 is 0 Å². The highest BCUT2D eigenvalue weighted by Crippen LogP contribution is 2.08. The fraction of sp³-hybridized carbons (Fsp3) is 0.364. The Morgan fingerprint density at radius 1 is 1.43 bits per heavy atom. The molecular formula is C11H14FNO. The van der Waals surface area contributed by atoms with E-state index >= 15 is 0 Å². The Hall–Kier alpha value is -1.22. The van der Waals surface area contributed by atoms with Crippen LogP contribution >= 0.6 is 0 Å². The average molecular weight is 195 g/mol. The number of rotatable bonds is 5. The predicted octanol–water partition coefficient (Wildman–Crippen LogP) is 1.73. The molecule has 76 valence electrons. The van der Waals surface area contributed by atoms with Gasteiger partial charge in [-0.05, 0) is 18.2 Å². The third-order valence-corrected chi connectivity index (χ3v) is 2.00. The Bertz CT molecular complexity index is 312. The van der Waals surface area contributed by atoms with Crippen molar-refractivity contribution in [2.24, 2.45) is 5.73 Å². The van der Waals surface area contributed by atoms with Gasteiger partial charge in [0.1, 0.15) is 0 Å². The molecule has 0 aliphatic carbocycles. The largest absolute Gasteiger partial charge is 0.330 e. The smallest absolute Gasteiger partial charge is 0.164 e. The van der Waals surface area contributed by atoms with Crippen molar-refractivity contribution in [1.29, 1.82) is 0 Å². The van der Waals surface area contributed by atoms with Crippen molar-refractivity contribution in [2.75, 3.05) is 13.2 Å². The molecule has 2 N–H and O–H groups in total. The highest BCUT2D eigenvalue weighted by Gasteiger charge is 2.04. The maximum Gasteiger partial charge on any atom is 0.164 e. The summed E-state index contributed by atoms with van der Waals surface area (Å²) in [6.07, 6.45) is 0.711. The van der Waals surface area contributed by atoms with Gasteiger partial charge in [-0.15, -0.1) is 0 Å². The molecule has 0 saturated heterocycles. The Morgan fingerprint density at radius 2 is 2.21 bits per heavy atom. The lowest BCUT2D eigenvalue weighted by Gasteiger charge is -2.02. The van der Waals surface area contributed by atoms with Crippen molar-refractivity contribution < 1.29 is 9.18 Å². The van der Waals surface area contributed by atoms with E-state index in [0.29, 0.717) is 24.9 Å². The van der Waals surface area contributed by atoms with Crippen molar-refractivity contribution in [3.63, 3.8) is 0 Å². The van der Waals surface area contributed by atoms with Crippen molar-refractivity contribution in [2.45, 2.75) is 12.8 Å². The van der Waals surface area contributed by atoms with Gasteiger partial charge in [0.2, 0.25) is 0 Å². The van der Waals surface area contributed by atoms with Crippen molar-refractivity contribution in [3.05, 3.63) is 35.4 Å². The van der Waals surface area contributed by atoms with E-state index in [1.54, 1.807) is 18.2 Å². The minimum Gasteiger partial charge on any atom is -0.330 e. The highest BCUT2D eigenvalue weighted by atomic mass is 19.1. The predicted molar refractivity (Wildman–Crippen MR) is 54.1 cm³/mol. The summed E-state index contributed by atoms with van der Waals surface area (Å²) in [4.78, 5) is 11.4. The van der Waals surface area contributed by atoms with Gasteiger partial charge in [0, 0.05) is 18.4 Å². The summed E-state index contributed by atoms with van der Waals surface area (Å²) in [7, 11) is 0. The minimum absolute atomic E-state index is 0.0215. The molecule has 1 aromatic carbocycles. The van der Waals surface area contributed by atoms with Gasteiger partial charge < -0.3 is 5.73 Å². The van der Waals surface area contributed by atoms with E-state index in [1.807, 2.05) is 6.07 Å². The molecule has 0 spiro atoms. The molecule has 0 unspecified atom stereocenters. The molecule has 0 heterocycles. The third kappa shape index (κ3) is 2.92. The van der Waals surface area contributed by atoms with Gasteiger partial charge in [-0.2, -0.15) is 0 Å². The molecule has 1 rings (SSSR count). The summed E-state index contributed by atoms with van der Waals surface area (Å²) >= 11 is 0. The summed E-state index contributed by atoms with van der Waals surface area (Å²) in [5, 5.41) is 0. The van der Waals surface area contributed by atoms with Crippen LogP contribution in [0, 0.1) is 0 Å². The zero-order valence-corrected chi connectivity index (χ0v) is 8.00. The lowest BCUT2D eigenvalue weighted by molar-refractivity contribution is 0.0985. The van der Waals surface area contributed by atoms with Gasteiger partial charge in [-0.3, -0.25) is 9.18 Å². The number of alkyl halides is 1. The molecule has 0 aromatic heterocycles. The monoisotopic (exact) mass is 195 g/mol. The van der Waals surface area contributed by atoms with Crippen LogP contribution in [0.1, 0.15) is 22.3 Å². The number of nitrogens with two attached hydrogens (primary N) is 1. The van der Waals surface area contributed by atoms with Crippen LogP contribution in [-0.4, -0.2) is 19.0 Å². The van der Waals surface area contributed by atoms with Crippen LogP contribution in [0.2, 0.25) is 0 Å². The molecule has 2 nitrogen and oxygen atoms in total. The van der Waals surface area contributed by atoms with Gasteiger partial charge in [-0.1, -0.05) is 18.2 Å². The second-order valence-corrected chi connectivity index (χ2v) is 3.10. The van der Waals surface area contributed by atoms with Gasteiger partial charge in [0.15, 0.2) is 5.78 Å². The summed E-state index contributed by atoms with van der Waals surface area (Å²) in [5.41, 5.74) is 6.77. The molecule has 0 aliphatic heterocycles. The van der Waals surface area contributed by atoms with Gasteiger partial charge in [-0.25, -0.2) is 0 Å². The van der Waals surface area contributed by atoms with Crippen LogP contribution in [0.25, 0.3) is 0 Å². The van der Waals surface area contributed by atoms with Crippen LogP contribution in [0.5, 0.6) is 0 Å². The number of aryl methyl sites for hydroxylation is 1. The average Bonchev–Trinajstić information content (AvgIpc) is 2.19. The summed E-state index contributed by atoms with van der Waals surface area (Å²) in [6.45, 7) is -0.0410. The fourth-order valence-electron chi connectivity index (χ4n) is 1.28. The van der Waals surface area contributed by atoms with Crippen LogP contribution in [0.3, 0.4) is 0 Å². The Balaban J connectivity index is 2.77. The fourth-order valence-corrected chi connectivity index (χ4v) is 1.28. The standard InChI is InChI=1S/C11H14FNO/c12-6-4-9-2-1-3-10(8-9)11(14)5-7-13/h1-3,8H,4-7,13H2. The molecule has 0 aliphatic rings. The number of halogens is 1. The molecule has 1 aromatic rings.